The summed E-state index contributed by atoms with van der Waals surface area (Å²) in [5, 5.41) is 44.2. The summed E-state index contributed by atoms with van der Waals surface area (Å²) in [4.78, 5) is 71.8. The van der Waals surface area contributed by atoms with E-state index in [9.17, 15) is 44.4 Å². The number of fused-ring (bicyclic) bond motifs is 3. The third-order valence-corrected chi connectivity index (χ3v) is 14.5. The van der Waals surface area contributed by atoms with E-state index in [1.165, 1.54) is 14.2 Å². The quantitative estimate of drug-likeness (QED) is 0.148. The summed E-state index contributed by atoms with van der Waals surface area (Å²) in [6.45, 7) is 10.3. The van der Waals surface area contributed by atoms with Crippen LogP contribution < -0.4 is 0 Å². The first kappa shape index (κ1) is 55.2. The Hall–Kier alpha value is -3.41. The highest BCUT2D eigenvalue weighted by Crippen LogP contribution is 2.38. The summed E-state index contributed by atoms with van der Waals surface area (Å²) in [6, 6.07) is -1.17. The third kappa shape index (κ3) is 14.3. The second-order valence-corrected chi connectivity index (χ2v) is 19.6. The van der Waals surface area contributed by atoms with Gasteiger partial charge in [0, 0.05) is 58.5 Å². The molecule has 0 spiro atoms. The van der Waals surface area contributed by atoms with Crippen molar-refractivity contribution in [1.82, 2.24) is 4.90 Å². The zero-order valence-electron chi connectivity index (χ0n) is 40.8. The maximum Gasteiger partial charge on any atom is 0.329 e. The normalized spacial score (nSPS) is 40.0. The number of cyclic esters (lactones) is 1. The van der Waals surface area contributed by atoms with Gasteiger partial charge in [-0.25, -0.2) is 4.79 Å². The number of carbonyl (C=O) groups is 5. The molecule has 0 aromatic heterocycles. The molecule has 15 atom stereocenters. The molecule has 66 heavy (non-hydrogen) atoms. The van der Waals surface area contributed by atoms with Gasteiger partial charge in [0.15, 0.2) is 5.78 Å². The van der Waals surface area contributed by atoms with E-state index in [4.69, 9.17) is 23.7 Å². The van der Waals surface area contributed by atoms with Crippen molar-refractivity contribution in [2.75, 3.05) is 34.5 Å². The number of carbonyl (C=O) groups excluding carboxylic acids is 5. The van der Waals surface area contributed by atoms with Gasteiger partial charge < -0.3 is 49.0 Å². The molecule has 3 aliphatic heterocycles. The number of aliphatic hydroxyl groups is 4. The first-order valence-electron chi connectivity index (χ1n) is 24.1. The van der Waals surface area contributed by atoms with Gasteiger partial charge in [0.1, 0.15) is 30.1 Å². The van der Waals surface area contributed by atoms with Crippen molar-refractivity contribution in [3.63, 3.8) is 0 Å². The molecule has 15 heteroatoms. The number of hydrogen-bond acceptors (Lipinski definition) is 14. The average Bonchev–Trinajstić information content (AvgIpc) is 3.30. The van der Waals surface area contributed by atoms with E-state index in [1.807, 2.05) is 26.0 Å². The van der Waals surface area contributed by atoms with E-state index in [0.717, 1.165) is 4.90 Å². The molecule has 3 fully saturated rings. The van der Waals surface area contributed by atoms with Crippen LogP contribution in [0.4, 0.5) is 0 Å². The van der Waals surface area contributed by atoms with Crippen LogP contribution in [-0.2, 0) is 47.7 Å². The molecule has 0 unspecified atom stereocenters. The largest absolute Gasteiger partial charge is 0.460 e. The van der Waals surface area contributed by atoms with Crippen molar-refractivity contribution in [2.45, 2.75) is 173 Å². The van der Waals surface area contributed by atoms with Crippen LogP contribution in [0.1, 0.15) is 119 Å². The first-order chi connectivity index (χ1) is 31.3. The van der Waals surface area contributed by atoms with Crippen LogP contribution in [0.5, 0.6) is 0 Å². The summed E-state index contributed by atoms with van der Waals surface area (Å²) >= 11 is 0. The summed E-state index contributed by atoms with van der Waals surface area (Å²) in [7, 11) is 4.41. The molecule has 1 amide bonds. The second kappa shape index (κ2) is 25.8. The predicted molar refractivity (Wildman–Crippen MR) is 247 cm³/mol. The van der Waals surface area contributed by atoms with Gasteiger partial charge in [0.25, 0.3) is 11.7 Å². The highest BCUT2D eigenvalue weighted by molar-refractivity contribution is 6.39. The maximum atomic E-state index is 14.4. The van der Waals surface area contributed by atoms with Crippen molar-refractivity contribution < 1.29 is 68.1 Å². The Bertz CT molecular complexity index is 1770. The Kier molecular flexibility index (Phi) is 21.6. The smallest absolute Gasteiger partial charge is 0.329 e. The van der Waals surface area contributed by atoms with Crippen LogP contribution in [0.3, 0.4) is 0 Å². The van der Waals surface area contributed by atoms with Gasteiger partial charge in [0.2, 0.25) is 5.79 Å². The van der Waals surface area contributed by atoms with E-state index >= 15 is 0 Å². The van der Waals surface area contributed by atoms with Crippen LogP contribution in [-0.4, -0.2) is 144 Å². The fourth-order valence-corrected chi connectivity index (χ4v) is 10.2. The van der Waals surface area contributed by atoms with Gasteiger partial charge in [-0.3, -0.25) is 19.2 Å². The van der Waals surface area contributed by atoms with E-state index in [0.29, 0.717) is 68.9 Å². The fraction of sp³-hybridized carbons (Fsp3) is 0.745. The highest BCUT2D eigenvalue weighted by atomic mass is 16.6. The highest BCUT2D eigenvalue weighted by Gasteiger charge is 2.53. The van der Waals surface area contributed by atoms with Crippen LogP contribution in [0.2, 0.25) is 0 Å². The molecule has 3 heterocycles. The van der Waals surface area contributed by atoms with Crippen LogP contribution in [0, 0.1) is 35.5 Å². The molecule has 372 valence electrons. The second-order valence-electron chi connectivity index (χ2n) is 19.6. The zero-order valence-corrected chi connectivity index (χ0v) is 40.8. The predicted octanol–water partition coefficient (Wildman–Crippen LogP) is 5.15. The number of rotatable bonds is 7. The lowest BCUT2D eigenvalue weighted by Crippen LogP contribution is -2.61. The van der Waals surface area contributed by atoms with Gasteiger partial charge in [-0.2, -0.15) is 0 Å². The number of methoxy groups -OCH3 is 3. The van der Waals surface area contributed by atoms with Crippen molar-refractivity contribution >= 4 is 29.2 Å². The summed E-state index contributed by atoms with van der Waals surface area (Å²) in [5.41, 5.74) is 0.893. The van der Waals surface area contributed by atoms with Gasteiger partial charge >= 0.3 is 5.97 Å². The molecule has 1 aliphatic carbocycles. The third-order valence-electron chi connectivity index (χ3n) is 14.5. The first-order valence-corrected chi connectivity index (χ1v) is 24.1. The molecule has 4 aliphatic rings. The van der Waals surface area contributed by atoms with Crippen molar-refractivity contribution in [1.29, 1.82) is 0 Å². The van der Waals surface area contributed by atoms with Crippen LogP contribution >= 0.6 is 0 Å². The molecular weight excluding hydrogens is 851 g/mol. The van der Waals surface area contributed by atoms with E-state index < -0.39 is 83.9 Å². The zero-order chi connectivity index (χ0) is 48.9. The Balaban J connectivity index is 1.71. The molecule has 15 nitrogen and oxygen atoms in total. The van der Waals surface area contributed by atoms with Gasteiger partial charge in [-0.05, 0) is 100 Å². The van der Waals surface area contributed by atoms with Crippen molar-refractivity contribution in [3.8, 4) is 0 Å². The van der Waals surface area contributed by atoms with E-state index in [2.05, 4.69) is 0 Å². The number of esters is 1. The van der Waals surface area contributed by atoms with E-state index in [1.54, 1.807) is 59.1 Å². The summed E-state index contributed by atoms with van der Waals surface area (Å²) in [5.74, 6) is -8.34. The molecule has 1 saturated carbocycles. The Morgan fingerprint density at radius 3 is 2.27 bits per heavy atom. The maximum absolute atomic E-state index is 14.4. The number of allylic oxidation sites excluding steroid dienone is 6. The van der Waals surface area contributed by atoms with Crippen molar-refractivity contribution in [2.24, 2.45) is 35.5 Å². The Labute approximate surface area is 392 Å². The molecule has 2 saturated heterocycles. The van der Waals surface area contributed by atoms with Gasteiger partial charge in [-0.1, -0.05) is 71.1 Å². The number of piperidine rings is 1. The number of hydrogen-bond donors (Lipinski definition) is 4. The average molecular weight is 930 g/mol. The minimum absolute atomic E-state index is 0.0305. The lowest BCUT2D eigenvalue weighted by atomic mass is 9.78. The molecule has 4 rings (SSSR count). The molecule has 4 N–H and O–H groups in total. The summed E-state index contributed by atoms with van der Waals surface area (Å²) < 4.78 is 29.2. The number of amides is 1. The lowest BCUT2D eigenvalue weighted by Gasteiger charge is -2.42. The summed E-state index contributed by atoms with van der Waals surface area (Å²) in [6.07, 6.45) is 9.75. The van der Waals surface area contributed by atoms with Crippen LogP contribution in [0.25, 0.3) is 0 Å². The standard InChI is InChI=1S/C51H79NO14/c1-30-15-11-10-12-16-37(29-53)43(62-7)27-38-20-18-35(6)51(61,66-38)48(58)49(59)52-22-14-13-17-39(52)50(60)65-42(32(3)25-36-19-21-40(54)44(26-36)63-8)28-41(55)31(2)24-34(5)46(57)47(64-9)45(56)33(4)23-30/h10-12,15-16,24,30-33,35-36,38-40,42-44,46-47,53-54,57,61H,13-14,17-23,25-29H2,1-9H3/b12-10+,15-11+,34-24+,37-16+/t30-,31-,32-,33-,35-,36+,38+,39+,40-,42+,43+,44-,46-,47+,51-/m1/s1. The molecule has 0 radical (unpaired) electrons. The van der Waals surface area contributed by atoms with Crippen LogP contribution in [0.15, 0.2) is 47.6 Å². The monoisotopic (exact) mass is 930 g/mol. The Morgan fingerprint density at radius 1 is 0.879 bits per heavy atom. The minimum atomic E-state index is -2.49. The lowest BCUT2D eigenvalue weighted by molar-refractivity contribution is -0.265. The Morgan fingerprint density at radius 2 is 1.61 bits per heavy atom. The molecule has 0 aromatic carbocycles. The number of aliphatic hydroxyl groups excluding tert-OH is 3. The molecule has 2 bridgehead atoms. The van der Waals surface area contributed by atoms with Gasteiger partial charge in [-0.15, -0.1) is 0 Å². The topological polar surface area (TPSA) is 216 Å². The fourth-order valence-electron chi connectivity index (χ4n) is 10.2. The van der Waals surface area contributed by atoms with Gasteiger partial charge in [0.05, 0.1) is 31.0 Å². The van der Waals surface area contributed by atoms with E-state index in [-0.39, 0.29) is 67.8 Å². The molecular formula is C51H79NO14. The molecule has 0 aromatic rings. The number of ketones is 3. The SMILES string of the molecule is CO[C@H]1C[C@@H]2CC[C@@H](C)[C@@](O)(O2)C(=O)C(=O)N2CCCC[C@H]2C(=O)O[C@H]([C@H](C)C[C@@H]2CC[C@@H](O)[C@H](OC)C2)CC(=O)[C@H](C)/C=C(\C)[C@@H](O)[C@@H](OC)C(=O)[C@H](C)C[C@H](C)/C=C/C=C/C=C/1CO. The van der Waals surface area contributed by atoms with Crippen molar-refractivity contribution in [3.05, 3.63) is 47.6 Å². The minimum Gasteiger partial charge on any atom is -0.460 e. The number of Topliss-reactive ketones (excluding diaryl/α,β-unsaturated/α-hetero) is 3. The number of ether oxygens (including phenoxy) is 5. The number of nitrogens with zero attached hydrogens (tertiary/aromatic N) is 1.